The molecule has 0 amide bonds. The van der Waals surface area contributed by atoms with E-state index in [1.165, 1.54) is 31.5 Å². The number of halogens is 2. The molecule has 1 saturated heterocycles. The second-order valence-corrected chi connectivity index (χ2v) is 5.73. The maximum absolute atomic E-state index is 6.18. The van der Waals surface area contributed by atoms with Gasteiger partial charge in [-0.3, -0.25) is 0 Å². The van der Waals surface area contributed by atoms with E-state index in [-0.39, 0.29) is 0 Å². The van der Waals surface area contributed by atoms with E-state index in [0.29, 0.717) is 11.1 Å². The average molecular weight is 287 g/mol. The van der Waals surface area contributed by atoms with E-state index >= 15 is 0 Å². The van der Waals surface area contributed by atoms with Gasteiger partial charge in [-0.25, -0.2) is 0 Å². The molecule has 0 spiro atoms. The molecule has 0 saturated carbocycles. The number of hydrogen-bond acceptors (Lipinski definition) is 2. The first-order valence-electron chi connectivity index (χ1n) is 6.52. The van der Waals surface area contributed by atoms with E-state index in [1.807, 2.05) is 25.2 Å². The Hall–Kier alpha value is -0.280. The number of rotatable bonds is 4. The van der Waals surface area contributed by atoms with Crippen LogP contribution in [0.1, 0.15) is 18.4 Å². The zero-order valence-corrected chi connectivity index (χ0v) is 12.3. The van der Waals surface area contributed by atoms with Crippen molar-refractivity contribution >= 4 is 23.2 Å². The first-order valence-corrected chi connectivity index (χ1v) is 7.28. The Bertz CT molecular complexity index is 387. The van der Waals surface area contributed by atoms with Gasteiger partial charge in [0.15, 0.2) is 0 Å². The lowest BCUT2D eigenvalue weighted by Gasteiger charge is -2.31. The number of hydrogen-bond donors (Lipinski definition) is 1. The van der Waals surface area contributed by atoms with Gasteiger partial charge in [-0.15, -0.1) is 0 Å². The molecular formula is C14H20Cl2N2. The van der Waals surface area contributed by atoms with Crippen molar-refractivity contribution in [3.8, 4) is 0 Å². The maximum atomic E-state index is 6.18. The lowest BCUT2D eigenvalue weighted by molar-refractivity contribution is 0.204. The number of nitrogens with one attached hydrogen (secondary N) is 1. The Morgan fingerprint density at radius 3 is 2.61 bits per heavy atom. The Morgan fingerprint density at radius 2 is 2.00 bits per heavy atom. The molecule has 4 heteroatoms. The summed E-state index contributed by atoms with van der Waals surface area (Å²) >= 11 is 12.1. The van der Waals surface area contributed by atoms with Gasteiger partial charge in [0, 0.05) is 22.6 Å². The predicted octanol–water partition coefficient (Wildman–Crippen LogP) is 3.22. The molecule has 0 unspecified atom stereocenters. The first kappa shape index (κ1) is 14.1. The summed E-state index contributed by atoms with van der Waals surface area (Å²) in [7, 11) is 2.05. The molecular weight excluding hydrogens is 267 g/mol. The van der Waals surface area contributed by atoms with Gasteiger partial charge >= 0.3 is 0 Å². The molecule has 0 bridgehead atoms. The summed E-state index contributed by atoms with van der Waals surface area (Å²) in [5.74, 6) is 0. The van der Waals surface area contributed by atoms with Crippen molar-refractivity contribution in [1.82, 2.24) is 10.2 Å². The quantitative estimate of drug-likeness (QED) is 0.914. The third-order valence-electron chi connectivity index (χ3n) is 3.71. The van der Waals surface area contributed by atoms with Crippen LogP contribution in [0.3, 0.4) is 0 Å². The predicted molar refractivity (Wildman–Crippen MR) is 78.7 cm³/mol. The molecule has 18 heavy (non-hydrogen) atoms. The zero-order chi connectivity index (χ0) is 13.0. The Balaban J connectivity index is 1.81. The van der Waals surface area contributed by atoms with Crippen molar-refractivity contribution in [2.45, 2.75) is 25.3 Å². The summed E-state index contributed by atoms with van der Waals surface area (Å²) in [6, 6.07) is 6.47. The number of nitrogens with zero attached hydrogens (tertiary/aromatic N) is 1. The topological polar surface area (TPSA) is 15.3 Å². The molecule has 2 nitrogen and oxygen atoms in total. The van der Waals surface area contributed by atoms with Crippen molar-refractivity contribution in [2.75, 3.05) is 26.7 Å². The first-order chi connectivity index (χ1) is 8.69. The molecule has 1 aliphatic rings. The molecule has 1 N–H and O–H groups in total. The largest absolute Gasteiger partial charge is 0.317 e. The summed E-state index contributed by atoms with van der Waals surface area (Å²) in [4.78, 5) is 2.51. The van der Waals surface area contributed by atoms with Gasteiger partial charge in [0.25, 0.3) is 0 Å². The summed E-state index contributed by atoms with van der Waals surface area (Å²) in [5.41, 5.74) is 1.19. The Morgan fingerprint density at radius 1 is 1.28 bits per heavy atom. The highest BCUT2D eigenvalue weighted by atomic mass is 35.5. The van der Waals surface area contributed by atoms with Crippen LogP contribution in [-0.2, 0) is 6.42 Å². The van der Waals surface area contributed by atoms with Crippen LogP contribution in [0, 0.1) is 0 Å². The molecule has 0 aromatic heterocycles. The molecule has 0 aliphatic carbocycles. The van der Waals surface area contributed by atoms with E-state index < -0.39 is 0 Å². The lowest BCUT2D eigenvalue weighted by atomic mass is 10.0. The molecule has 1 aliphatic heterocycles. The molecule has 0 atom stereocenters. The second kappa shape index (κ2) is 6.76. The molecule has 1 aromatic carbocycles. The average Bonchev–Trinajstić information content (AvgIpc) is 2.38. The van der Waals surface area contributed by atoms with Crippen molar-refractivity contribution in [1.29, 1.82) is 0 Å². The molecule has 2 rings (SSSR count). The van der Waals surface area contributed by atoms with E-state index in [9.17, 15) is 0 Å². The summed E-state index contributed by atoms with van der Waals surface area (Å²) < 4.78 is 0. The fourth-order valence-corrected chi connectivity index (χ4v) is 2.95. The van der Waals surface area contributed by atoms with Gasteiger partial charge in [0.1, 0.15) is 0 Å². The van der Waals surface area contributed by atoms with Crippen LogP contribution in [0.25, 0.3) is 0 Å². The zero-order valence-electron chi connectivity index (χ0n) is 10.8. The number of piperidine rings is 1. The van der Waals surface area contributed by atoms with Gasteiger partial charge in [-0.05, 0) is 57.1 Å². The fraction of sp³-hybridized carbons (Fsp3) is 0.571. The standard InChI is InChI=1S/C14H20Cl2N2/c1-17-13-5-8-18(9-6-13)7-4-11-2-3-12(15)10-14(11)16/h2-3,10,13,17H,4-9H2,1H3. The van der Waals surface area contributed by atoms with Crippen molar-refractivity contribution in [2.24, 2.45) is 0 Å². The highest BCUT2D eigenvalue weighted by Gasteiger charge is 2.17. The molecule has 0 radical (unpaired) electrons. The molecule has 100 valence electrons. The van der Waals surface area contributed by atoms with Gasteiger partial charge in [-0.1, -0.05) is 29.3 Å². The third kappa shape index (κ3) is 3.86. The minimum atomic E-state index is 0.695. The summed E-state index contributed by atoms with van der Waals surface area (Å²) in [6.45, 7) is 3.44. The SMILES string of the molecule is CNC1CCN(CCc2ccc(Cl)cc2Cl)CC1. The highest BCUT2D eigenvalue weighted by molar-refractivity contribution is 6.35. The van der Waals surface area contributed by atoms with Crippen LogP contribution in [0.4, 0.5) is 0 Å². The Labute approximate surface area is 119 Å². The summed E-state index contributed by atoms with van der Waals surface area (Å²) in [5, 5.41) is 4.84. The minimum absolute atomic E-state index is 0.695. The summed E-state index contributed by atoms with van der Waals surface area (Å²) in [6.07, 6.45) is 3.48. The van der Waals surface area contributed by atoms with Crippen LogP contribution < -0.4 is 5.32 Å². The Kier molecular flexibility index (Phi) is 5.31. The third-order valence-corrected chi connectivity index (χ3v) is 4.30. The van der Waals surface area contributed by atoms with Crippen LogP contribution >= 0.6 is 23.2 Å². The number of likely N-dealkylation sites (tertiary alicyclic amines) is 1. The monoisotopic (exact) mass is 286 g/mol. The molecule has 1 heterocycles. The normalized spacial score (nSPS) is 18.2. The fourth-order valence-electron chi connectivity index (χ4n) is 2.45. The van der Waals surface area contributed by atoms with E-state index in [2.05, 4.69) is 10.2 Å². The van der Waals surface area contributed by atoms with Gasteiger partial charge < -0.3 is 10.2 Å². The molecule has 1 aromatic rings. The van der Waals surface area contributed by atoms with E-state index in [1.54, 1.807) is 0 Å². The van der Waals surface area contributed by atoms with Gasteiger partial charge in [0.2, 0.25) is 0 Å². The van der Waals surface area contributed by atoms with Crippen LogP contribution in [0.2, 0.25) is 10.0 Å². The van der Waals surface area contributed by atoms with E-state index in [0.717, 1.165) is 18.0 Å². The van der Waals surface area contributed by atoms with Crippen LogP contribution in [-0.4, -0.2) is 37.6 Å². The molecule has 1 fully saturated rings. The van der Waals surface area contributed by atoms with Crippen LogP contribution in [0.15, 0.2) is 18.2 Å². The maximum Gasteiger partial charge on any atom is 0.0453 e. The van der Waals surface area contributed by atoms with Crippen molar-refractivity contribution in [3.05, 3.63) is 33.8 Å². The van der Waals surface area contributed by atoms with Crippen LogP contribution in [0.5, 0.6) is 0 Å². The number of benzene rings is 1. The minimum Gasteiger partial charge on any atom is -0.317 e. The van der Waals surface area contributed by atoms with E-state index in [4.69, 9.17) is 23.2 Å². The smallest absolute Gasteiger partial charge is 0.0453 e. The van der Waals surface area contributed by atoms with Gasteiger partial charge in [0.05, 0.1) is 0 Å². The lowest BCUT2D eigenvalue weighted by Crippen LogP contribution is -2.41. The van der Waals surface area contributed by atoms with Crippen molar-refractivity contribution < 1.29 is 0 Å². The van der Waals surface area contributed by atoms with Crippen molar-refractivity contribution in [3.63, 3.8) is 0 Å². The second-order valence-electron chi connectivity index (χ2n) is 4.89. The highest BCUT2D eigenvalue weighted by Crippen LogP contribution is 2.22. The van der Waals surface area contributed by atoms with Gasteiger partial charge in [-0.2, -0.15) is 0 Å².